The molecular formula is C24H24Cl2F3N5O2S. The molecule has 7 nitrogen and oxygen atoms in total. The Morgan fingerprint density at radius 3 is 2.46 bits per heavy atom. The summed E-state index contributed by atoms with van der Waals surface area (Å²) in [4.78, 5) is 25.3. The van der Waals surface area contributed by atoms with Gasteiger partial charge in [0.15, 0.2) is 11.0 Å². The van der Waals surface area contributed by atoms with Crippen LogP contribution in [0.1, 0.15) is 48.6 Å². The molecule has 1 heterocycles. The first-order chi connectivity index (χ1) is 17.4. The Hall–Kier alpha value is -2.76. The summed E-state index contributed by atoms with van der Waals surface area (Å²) in [5.41, 5.74) is -0.545. The molecule has 1 atom stereocenters. The van der Waals surface area contributed by atoms with Crippen molar-refractivity contribution in [1.82, 2.24) is 20.1 Å². The van der Waals surface area contributed by atoms with E-state index < -0.39 is 29.6 Å². The number of hydrogen-bond acceptors (Lipinski definition) is 5. The monoisotopic (exact) mass is 573 g/mol. The van der Waals surface area contributed by atoms with Crippen LogP contribution in [0.3, 0.4) is 0 Å². The second-order valence-corrected chi connectivity index (χ2v) is 10.1. The predicted molar refractivity (Wildman–Crippen MR) is 138 cm³/mol. The molecule has 0 radical (unpaired) electrons. The molecule has 1 aromatic heterocycles. The van der Waals surface area contributed by atoms with Crippen LogP contribution in [-0.4, -0.2) is 32.3 Å². The lowest BCUT2D eigenvalue weighted by molar-refractivity contribution is -0.137. The molecule has 0 fully saturated rings. The Kier molecular flexibility index (Phi) is 9.49. The number of nitrogens with zero attached hydrogens (tertiary/aromatic N) is 3. The fourth-order valence-corrected chi connectivity index (χ4v) is 4.76. The van der Waals surface area contributed by atoms with Gasteiger partial charge in [0.05, 0.1) is 27.9 Å². The minimum absolute atomic E-state index is 0.0431. The molecule has 0 saturated heterocycles. The molecule has 2 N–H and O–H groups in total. The predicted octanol–water partition coefficient (Wildman–Crippen LogP) is 6.48. The van der Waals surface area contributed by atoms with Gasteiger partial charge in [0.2, 0.25) is 5.91 Å². The lowest BCUT2D eigenvalue weighted by Crippen LogP contribution is -2.34. The average molecular weight is 574 g/mol. The van der Waals surface area contributed by atoms with Crippen molar-refractivity contribution in [3.8, 4) is 0 Å². The normalized spacial score (nSPS) is 12.5. The lowest BCUT2D eigenvalue weighted by atomic mass is 10.0. The standard InChI is InChI=1S/C24H24Cl2F3N5O2S/c1-4-34-21(20(13(2)3)31-22(36)17-9-8-15(25)11-18(17)26)32-33-23(34)37-12-19(35)30-16-7-5-6-14(10-16)24(27,28)29/h5-11,13,20H,4,12H2,1-3H3,(H,30,35)(H,31,36)/t20-/m1/s1. The van der Waals surface area contributed by atoms with Crippen LogP contribution in [0.5, 0.6) is 0 Å². The first kappa shape index (κ1) is 28.8. The number of halogens is 5. The van der Waals surface area contributed by atoms with E-state index in [9.17, 15) is 22.8 Å². The van der Waals surface area contributed by atoms with Crippen molar-refractivity contribution in [1.29, 1.82) is 0 Å². The second kappa shape index (κ2) is 12.2. The third-order valence-electron chi connectivity index (χ3n) is 5.27. The fraction of sp³-hybridized carbons (Fsp3) is 0.333. The van der Waals surface area contributed by atoms with E-state index in [0.717, 1.165) is 23.9 Å². The van der Waals surface area contributed by atoms with Crippen LogP contribution in [0.4, 0.5) is 18.9 Å². The molecule has 37 heavy (non-hydrogen) atoms. The summed E-state index contributed by atoms with van der Waals surface area (Å²) in [7, 11) is 0. The summed E-state index contributed by atoms with van der Waals surface area (Å²) < 4.78 is 40.5. The maximum Gasteiger partial charge on any atom is 0.416 e. The highest BCUT2D eigenvalue weighted by atomic mass is 35.5. The van der Waals surface area contributed by atoms with E-state index in [1.165, 1.54) is 24.3 Å². The van der Waals surface area contributed by atoms with Crippen LogP contribution in [0.25, 0.3) is 0 Å². The molecule has 0 spiro atoms. The Balaban J connectivity index is 1.72. The van der Waals surface area contributed by atoms with E-state index in [1.54, 1.807) is 10.6 Å². The van der Waals surface area contributed by atoms with Crippen molar-refractivity contribution in [2.24, 2.45) is 5.92 Å². The van der Waals surface area contributed by atoms with Crippen LogP contribution in [0.15, 0.2) is 47.6 Å². The van der Waals surface area contributed by atoms with E-state index in [4.69, 9.17) is 23.2 Å². The average Bonchev–Trinajstić information content (AvgIpc) is 3.23. The molecular weight excluding hydrogens is 550 g/mol. The Labute approximate surface area is 226 Å². The van der Waals surface area contributed by atoms with Crippen molar-refractivity contribution in [2.45, 2.75) is 44.7 Å². The lowest BCUT2D eigenvalue weighted by Gasteiger charge is -2.22. The van der Waals surface area contributed by atoms with Gasteiger partial charge in [-0.2, -0.15) is 13.2 Å². The molecule has 2 aromatic carbocycles. The maximum absolute atomic E-state index is 12.9. The number of hydrogen-bond donors (Lipinski definition) is 2. The first-order valence-electron chi connectivity index (χ1n) is 11.2. The second-order valence-electron chi connectivity index (χ2n) is 8.32. The molecule has 0 unspecified atom stereocenters. The third kappa shape index (κ3) is 7.39. The molecule has 198 valence electrons. The number of anilines is 1. The maximum atomic E-state index is 12.9. The molecule has 2 amide bonds. The Bertz CT molecular complexity index is 1280. The molecule has 0 saturated carbocycles. The van der Waals surface area contributed by atoms with E-state index in [1.807, 2.05) is 20.8 Å². The number of thioether (sulfide) groups is 1. The van der Waals surface area contributed by atoms with E-state index >= 15 is 0 Å². The van der Waals surface area contributed by atoms with Gasteiger partial charge in [0.1, 0.15) is 0 Å². The number of rotatable bonds is 9. The van der Waals surface area contributed by atoms with Gasteiger partial charge in [-0.3, -0.25) is 9.59 Å². The van der Waals surface area contributed by atoms with Crippen molar-refractivity contribution in [3.63, 3.8) is 0 Å². The summed E-state index contributed by atoms with van der Waals surface area (Å²) in [5.74, 6) is -0.570. The van der Waals surface area contributed by atoms with Crippen LogP contribution in [-0.2, 0) is 17.5 Å². The number of carbonyl (C=O) groups excluding carboxylic acids is 2. The largest absolute Gasteiger partial charge is 0.416 e. The summed E-state index contributed by atoms with van der Waals surface area (Å²) in [6.45, 7) is 6.16. The summed E-state index contributed by atoms with van der Waals surface area (Å²) in [6.07, 6.45) is -4.51. The minimum Gasteiger partial charge on any atom is -0.342 e. The molecule has 0 aliphatic heterocycles. The number of aromatic nitrogens is 3. The van der Waals surface area contributed by atoms with Crippen molar-refractivity contribution >= 4 is 52.5 Å². The van der Waals surface area contributed by atoms with Crippen LogP contribution < -0.4 is 10.6 Å². The summed E-state index contributed by atoms with van der Waals surface area (Å²) in [6, 6.07) is 8.48. The van der Waals surface area contributed by atoms with Gasteiger partial charge in [-0.25, -0.2) is 0 Å². The highest BCUT2D eigenvalue weighted by molar-refractivity contribution is 7.99. The minimum atomic E-state index is -4.51. The fourth-order valence-electron chi connectivity index (χ4n) is 3.46. The molecule has 0 bridgehead atoms. The van der Waals surface area contributed by atoms with Crippen molar-refractivity contribution in [3.05, 3.63) is 69.5 Å². The van der Waals surface area contributed by atoms with Gasteiger partial charge in [0.25, 0.3) is 5.91 Å². The third-order valence-corrected chi connectivity index (χ3v) is 6.79. The molecule has 3 rings (SSSR count). The van der Waals surface area contributed by atoms with Gasteiger partial charge >= 0.3 is 6.18 Å². The van der Waals surface area contributed by atoms with Crippen LogP contribution in [0, 0.1) is 5.92 Å². The van der Waals surface area contributed by atoms with E-state index in [2.05, 4.69) is 20.8 Å². The summed E-state index contributed by atoms with van der Waals surface area (Å²) in [5, 5.41) is 14.9. The number of carbonyl (C=O) groups is 2. The molecule has 13 heteroatoms. The highest BCUT2D eigenvalue weighted by Gasteiger charge is 2.30. The summed E-state index contributed by atoms with van der Waals surface area (Å²) >= 11 is 13.2. The molecule has 0 aliphatic rings. The zero-order chi connectivity index (χ0) is 27.3. The zero-order valence-corrected chi connectivity index (χ0v) is 22.4. The van der Waals surface area contributed by atoms with Gasteiger partial charge in [-0.05, 0) is 49.2 Å². The van der Waals surface area contributed by atoms with Crippen molar-refractivity contribution in [2.75, 3.05) is 11.1 Å². The number of benzene rings is 2. The van der Waals surface area contributed by atoms with Crippen molar-refractivity contribution < 1.29 is 22.8 Å². The van der Waals surface area contributed by atoms with Crippen LogP contribution >= 0.6 is 35.0 Å². The highest BCUT2D eigenvalue weighted by Crippen LogP contribution is 2.31. The van der Waals surface area contributed by atoms with Gasteiger partial charge < -0.3 is 15.2 Å². The van der Waals surface area contributed by atoms with Gasteiger partial charge in [0, 0.05) is 17.3 Å². The first-order valence-corrected chi connectivity index (χ1v) is 12.9. The van der Waals surface area contributed by atoms with Crippen LogP contribution in [0.2, 0.25) is 10.0 Å². The van der Waals surface area contributed by atoms with Gasteiger partial charge in [-0.15, -0.1) is 10.2 Å². The number of alkyl halides is 3. The Morgan fingerprint density at radius 1 is 1.11 bits per heavy atom. The SMILES string of the molecule is CCn1c(SCC(=O)Nc2cccc(C(F)(F)F)c2)nnc1[C@H](NC(=O)c1ccc(Cl)cc1Cl)C(C)C. The quantitative estimate of drug-likeness (QED) is 0.286. The van der Waals surface area contributed by atoms with E-state index in [0.29, 0.717) is 22.5 Å². The zero-order valence-electron chi connectivity index (χ0n) is 20.1. The number of nitrogens with one attached hydrogen (secondary N) is 2. The molecule has 3 aromatic rings. The topological polar surface area (TPSA) is 88.9 Å². The van der Waals surface area contributed by atoms with E-state index in [-0.39, 0.29) is 27.9 Å². The van der Waals surface area contributed by atoms with Gasteiger partial charge in [-0.1, -0.05) is 54.9 Å². The smallest absolute Gasteiger partial charge is 0.342 e. The number of amides is 2. The molecule has 0 aliphatic carbocycles. The Morgan fingerprint density at radius 2 is 1.84 bits per heavy atom.